The fourth-order valence-electron chi connectivity index (χ4n) is 2.51. The Morgan fingerprint density at radius 1 is 1.53 bits per heavy atom. The van der Waals surface area contributed by atoms with Crippen LogP contribution in [0.15, 0.2) is 12.3 Å². The predicted molar refractivity (Wildman–Crippen MR) is 75.6 cm³/mol. The number of nitrogen functional groups attached to an aromatic ring is 1. The minimum Gasteiger partial charge on any atom is -0.382 e. The van der Waals surface area contributed by atoms with Gasteiger partial charge in [-0.1, -0.05) is 20.3 Å². The van der Waals surface area contributed by atoms with Gasteiger partial charge < -0.3 is 10.6 Å². The lowest BCUT2D eigenvalue weighted by Crippen LogP contribution is -2.39. The van der Waals surface area contributed by atoms with Gasteiger partial charge in [-0.05, 0) is 24.8 Å². The maximum absolute atomic E-state index is 12.1. The molecule has 0 radical (unpaired) electrons. The summed E-state index contributed by atoms with van der Waals surface area (Å²) in [4.78, 5) is 14.1. The lowest BCUT2D eigenvalue weighted by atomic mass is 10.0. The second-order valence-corrected chi connectivity index (χ2v) is 5.55. The molecule has 0 bridgehead atoms. The van der Waals surface area contributed by atoms with E-state index in [1.54, 1.807) is 0 Å². The van der Waals surface area contributed by atoms with Gasteiger partial charge in [-0.15, -0.1) is 0 Å². The van der Waals surface area contributed by atoms with E-state index in [1.807, 2.05) is 21.8 Å². The van der Waals surface area contributed by atoms with Crippen molar-refractivity contribution in [2.75, 3.05) is 18.8 Å². The highest BCUT2D eigenvalue weighted by Crippen LogP contribution is 2.23. The van der Waals surface area contributed by atoms with Crippen LogP contribution in [0, 0.1) is 5.92 Å². The Kier molecular flexibility index (Phi) is 4.45. The van der Waals surface area contributed by atoms with Gasteiger partial charge >= 0.3 is 0 Å². The van der Waals surface area contributed by atoms with E-state index >= 15 is 0 Å². The zero-order valence-corrected chi connectivity index (χ0v) is 11.9. The minimum atomic E-state index is 0.299. The molecule has 1 fully saturated rings. The van der Waals surface area contributed by atoms with Crippen LogP contribution in [0.25, 0.3) is 0 Å². The first-order valence-corrected chi connectivity index (χ1v) is 7.18. The fourth-order valence-corrected chi connectivity index (χ4v) is 2.51. The van der Waals surface area contributed by atoms with Crippen molar-refractivity contribution in [3.63, 3.8) is 0 Å². The molecule has 0 spiro atoms. The quantitative estimate of drug-likeness (QED) is 0.905. The van der Waals surface area contributed by atoms with Gasteiger partial charge in [-0.25, -0.2) is 0 Å². The number of anilines is 1. The number of hydrogen-bond acceptors (Lipinski definition) is 3. The van der Waals surface area contributed by atoms with Crippen LogP contribution in [0.1, 0.15) is 45.6 Å². The second kappa shape index (κ2) is 6.08. The molecule has 1 atom stereocenters. The third kappa shape index (κ3) is 3.49. The number of nitrogens with two attached hydrogens (primary N) is 1. The molecule has 0 saturated carbocycles. The van der Waals surface area contributed by atoms with E-state index in [-0.39, 0.29) is 0 Å². The molecule has 0 aliphatic carbocycles. The number of nitrogens with zero attached hydrogens (tertiary/aromatic N) is 3. The third-order valence-electron chi connectivity index (χ3n) is 4.04. The predicted octanol–water partition coefficient (Wildman–Crippen LogP) is 2.07. The Morgan fingerprint density at radius 2 is 2.21 bits per heavy atom. The highest BCUT2D eigenvalue weighted by molar-refractivity contribution is 5.76. The maximum atomic E-state index is 12.1. The van der Waals surface area contributed by atoms with Gasteiger partial charge in [0, 0.05) is 25.7 Å². The number of carbonyl (C=O) groups is 1. The molecule has 19 heavy (non-hydrogen) atoms. The van der Waals surface area contributed by atoms with Crippen LogP contribution < -0.4 is 5.73 Å². The van der Waals surface area contributed by atoms with Crippen LogP contribution >= 0.6 is 0 Å². The van der Waals surface area contributed by atoms with Crippen molar-refractivity contribution < 1.29 is 4.79 Å². The zero-order chi connectivity index (χ0) is 13.8. The van der Waals surface area contributed by atoms with Crippen molar-refractivity contribution in [1.29, 1.82) is 0 Å². The molecule has 2 rings (SSSR count). The molecule has 2 heterocycles. The van der Waals surface area contributed by atoms with E-state index in [1.165, 1.54) is 0 Å². The van der Waals surface area contributed by atoms with Gasteiger partial charge in [0.25, 0.3) is 0 Å². The molecule has 1 aliphatic rings. The van der Waals surface area contributed by atoms with Crippen molar-refractivity contribution in [2.24, 2.45) is 5.92 Å². The third-order valence-corrected chi connectivity index (χ3v) is 4.04. The van der Waals surface area contributed by atoms with Crippen LogP contribution in [0.4, 0.5) is 5.82 Å². The van der Waals surface area contributed by atoms with E-state index < -0.39 is 0 Å². The van der Waals surface area contributed by atoms with Crippen molar-refractivity contribution >= 4 is 11.7 Å². The molecule has 106 valence electrons. The summed E-state index contributed by atoms with van der Waals surface area (Å²) in [5.41, 5.74) is 5.63. The van der Waals surface area contributed by atoms with Gasteiger partial charge in [-0.3, -0.25) is 9.48 Å². The first-order chi connectivity index (χ1) is 9.10. The number of carbonyl (C=O) groups excluding carboxylic acids is 1. The van der Waals surface area contributed by atoms with Gasteiger partial charge in [0.05, 0.1) is 6.04 Å². The number of aromatic nitrogens is 2. The average Bonchev–Trinajstić information content (AvgIpc) is 2.85. The molecule has 1 saturated heterocycles. The van der Waals surface area contributed by atoms with Gasteiger partial charge in [0.1, 0.15) is 5.82 Å². The second-order valence-electron chi connectivity index (χ2n) is 5.55. The number of hydrogen-bond donors (Lipinski definition) is 1. The summed E-state index contributed by atoms with van der Waals surface area (Å²) in [5, 5.41) is 4.26. The Bertz CT molecular complexity index is 421. The summed E-state index contributed by atoms with van der Waals surface area (Å²) >= 11 is 0. The fraction of sp³-hybridized carbons (Fsp3) is 0.714. The molecule has 1 aromatic rings. The highest BCUT2D eigenvalue weighted by atomic mass is 16.2. The summed E-state index contributed by atoms with van der Waals surface area (Å²) in [6.45, 7) is 5.93. The average molecular weight is 264 g/mol. The molecular weight excluding hydrogens is 240 g/mol. The molecule has 1 unspecified atom stereocenters. The maximum Gasteiger partial charge on any atom is 0.222 e. The van der Waals surface area contributed by atoms with Crippen molar-refractivity contribution in [2.45, 2.75) is 45.6 Å². The topological polar surface area (TPSA) is 64.2 Å². The number of likely N-dealkylation sites (tertiary alicyclic amines) is 1. The van der Waals surface area contributed by atoms with Gasteiger partial charge in [0.15, 0.2) is 0 Å². The van der Waals surface area contributed by atoms with E-state index in [0.717, 1.165) is 32.4 Å². The number of rotatable bonds is 4. The highest BCUT2D eigenvalue weighted by Gasteiger charge is 2.24. The SMILES string of the molecule is CCC(C)CC(=O)N1CCC(n2ccc(N)n2)CC1. The van der Waals surface area contributed by atoms with Crippen LogP contribution in [-0.4, -0.2) is 33.7 Å². The molecule has 1 amide bonds. The lowest BCUT2D eigenvalue weighted by molar-refractivity contribution is -0.133. The van der Waals surface area contributed by atoms with Crippen molar-refractivity contribution in [3.05, 3.63) is 12.3 Å². The van der Waals surface area contributed by atoms with E-state index in [0.29, 0.717) is 30.1 Å². The minimum absolute atomic E-state index is 0.299. The van der Waals surface area contributed by atoms with Crippen LogP contribution in [-0.2, 0) is 4.79 Å². The molecule has 5 nitrogen and oxygen atoms in total. The Hall–Kier alpha value is -1.52. The van der Waals surface area contributed by atoms with Crippen LogP contribution in [0.3, 0.4) is 0 Å². The summed E-state index contributed by atoms with van der Waals surface area (Å²) < 4.78 is 1.94. The van der Waals surface area contributed by atoms with Crippen molar-refractivity contribution in [3.8, 4) is 0 Å². The van der Waals surface area contributed by atoms with E-state index in [9.17, 15) is 4.79 Å². The smallest absolute Gasteiger partial charge is 0.222 e. The van der Waals surface area contributed by atoms with Crippen LogP contribution in [0.2, 0.25) is 0 Å². The molecule has 0 aromatic carbocycles. The number of piperidine rings is 1. The van der Waals surface area contributed by atoms with E-state index in [2.05, 4.69) is 18.9 Å². The Balaban J connectivity index is 1.83. The molecular formula is C14H24N4O. The summed E-state index contributed by atoms with van der Waals surface area (Å²) in [6, 6.07) is 2.20. The molecule has 2 N–H and O–H groups in total. The Labute approximate surface area is 114 Å². The van der Waals surface area contributed by atoms with Crippen LogP contribution in [0.5, 0.6) is 0 Å². The van der Waals surface area contributed by atoms with Gasteiger partial charge in [-0.2, -0.15) is 5.10 Å². The first kappa shape index (κ1) is 13.9. The first-order valence-electron chi connectivity index (χ1n) is 7.18. The zero-order valence-electron chi connectivity index (χ0n) is 11.9. The molecule has 5 heteroatoms. The normalized spacial score (nSPS) is 18.5. The van der Waals surface area contributed by atoms with E-state index in [4.69, 9.17) is 5.73 Å². The monoisotopic (exact) mass is 264 g/mol. The largest absolute Gasteiger partial charge is 0.382 e. The molecule has 1 aromatic heterocycles. The Morgan fingerprint density at radius 3 is 2.74 bits per heavy atom. The standard InChI is InChI=1S/C14H24N4O/c1-3-11(2)10-14(19)17-7-4-12(5-8-17)18-9-6-13(15)16-18/h6,9,11-12H,3-5,7-8,10H2,1-2H3,(H2,15,16). The van der Waals surface area contributed by atoms with Crippen molar-refractivity contribution in [1.82, 2.24) is 14.7 Å². The summed E-state index contributed by atoms with van der Waals surface area (Å²) in [5.74, 6) is 1.35. The summed E-state index contributed by atoms with van der Waals surface area (Å²) in [7, 11) is 0. The summed E-state index contributed by atoms with van der Waals surface area (Å²) in [6.07, 6.45) is 5.60. The number of amides is 1. The van der Waals surface area contributed by atoms with Gasteiger partial charge in [0.2, 0.25) is 5.91 Å². The molecule has 1 aliphatic heterocycles. The lowest BCUT2D eigenvalue weighted by Gasteiger charge is -2.32.